The molecular weight excluding hydrogens is 278 g/mol. The average Bonchev–Trinajstić information content (AvgIpc) is 2.37. The monoisotopic (exact) mass is 295 g/mol. The summed E-state index contributed by atoms with van der Waals surface area (Å²) in [6, 6.07) is 4.99. The Labute approximate surface area is 118 Å². The maximum atomic E-state index is 11.7. The first-order valence-electron chi connectivity index (χ1n) is 6.54. The molecule has 0 unspecified atom stereocenters. The van der Waals surface area contributed by atoms with Gasteiger partial charge in [-0.15, -0.1) is 10.2 Å². The molecule has 0 spiro atoms. The van der Waals surface area contributed by atoms with Gasteiger partial charge in [-0.3, -0.25) is 0 Å². The summed E-state index contributed by atoms with van der Waals surface area (Å²) in [6.45, 7) is 0.791. The molecule has 7 nitrogen and oxygen atoms in total. The maximum Gasteiger partial charge on any atom is 0.213 e. The van der Waals surface area contributed by atoms with Crippen molar-refractivity contribution >= 4 is 15.8 Å². The van der Waals surface area contributed by atoms with Gasteiger partial charge in [-0.25, -0.2) is 13.1 Å². The molecule has 1 fully saturated rings. The van der Waals surface area contributed by atoms with Crippen LogP contribution in [-0.2, 0) is 10.0 Å². The number of aromatic nitrogens is 2. The van der Waals surface area contributed by atoms with E-state index in [1.807, 2.05) is 6.07 Å². The van der Waals surface area contributed by atoms with Gasteiger partial charge in [0.05, 0.1) is 5.75 Å². The topological polar surface area (TPSA) is 108 Å². The van der Waals surface area contributed by atoms with Gasteiger partial charge < -0.3 is 5.32 Å². The zero-order valence-electron chi connectivity index (χ0n) is 11.0. The van der Waals surface area contributed by atoms with Gasteiger partial charge in [-0.1, -0.05) is 6.42 Å². The number of hydrogen-bond donors (Lipinski definition) is 2. The van der Waals surface area contributed by atoms with Crippen molar-refractivity contribution in [3.63, 3.8) is 0 Å². The Balaban J connectivity index is 1.71. The smallest absolute Gasteiger partial charge is 0.213 e. The van der Waals surface area contributed by atoms with Gasteiger partial charge >= 0.3 is 0 Å². The second-order valence-corrected chi connectivity index (χ2v) is 6.73. The molecule has 0 bridgehead atoms. The Kier molecular flexibility index (Phi) is 4.87. The third kappa shape index (κ3) is 4.43. The van der Waals surface area contributed by atoms with Gasteiger partial charge in [0.2, 0.25) is 10.0 Å². The number of nitrogens with one attached hydrogen (secondary N) is 2. The van der Waals surface area contributed by atoms with Crippen molar-refractivity contribution in [1.29, 1.82) is 5.26 Å². The molecule has 8 heteroatoms. The van der Waals surface area contributed by atoms with Gasteiger partial charge in [0, 0.05) is 13.1 Å². The molecule has 2 N–H and O–H groups in total. The average molecular weight is 295 g/mol. The summed E-state index contributed by atoms with van der Waals surface area (Å²) in [5.41, 5.74) is 0.227. The summed E-state index contributed by atoms with van der Waals surface area (Å²) < 4.78 is 26.1. The molecule has 0 atom stereocenters. The van der Waals surface area contributed by atoms with Crippen molar-refractivity contribution in [3.8, 4) is 6.07 Å². The SMILES string of the molecule is N#Cc1ccc(NCCS(=O)(=O)NCC2CCC2)nn1. The fourth-order valence-electron chi connectivity index (χ4n) is 1.81. The highest BCUT2D eigenvalue weighted by molar-refractivity contribution is 7.89. The van der Waals surface area contributed by atoms with E-state index in [1.165, 1.54) is 12.5 Å². The zero-order chi connectivity index (χ0) is 14.4. The summed E-state index contributed by atoms with van der Waals surface area (Å²) in [5, 5.41) is 18.9. The van der Waals surface area contributed by atoms with E-state index in [0.717, 1.165) is 12.8 Å². The van der Waals surface area contributed by atoms with Crippen LogP contribution in [0.2, 0.25) is 0 Å². The molecule has 1 aliphatic carbocycles. The van der Waals surface area contributed by atoms with Gasteiger partial charge in [-0.05, 0) is 30.9 Å². The Morgan fingerprint density at radius 2 is 2.15 bits per heavy atom. The van der Waals surface area contributed by atoms with Crippen molar-refractivity contribution < 1.29 is 8.42 Å². The fourth-order valence-corrected chi connectivity index (χ4v) is 2.82. The van der Waals surface area contributed by atoms with Crippen LogP contribution in [0.4, 0.5) is 5.82 Å². The molecule has 20 heavy (non-hydrogen) atoms. The summed E-state index contributed by atoms with van der Waals surface area (Å²) in [5.74, 6) is 0.946. The van der Waals surface area contributed by atoms with E-state index in [2.05, 4.69) is 20.2 Å². The predicted octanol–water partition coefficient (Wildman–Crippen LogP) is 0.480. The summed E-state index contributed by atoms with van der Waals surface area (Å²) in [7, 11) is -3.25. The van der Waals surface area contributed by atoms with Gasteiger partial charge in [-0.2, -0.15) is 5.26 Å². The first-order valence-corrected chi connectivity index (χ1v) is 8.19. The molecule has 1 saturated carbocycles. The van der Waals surface area contributed by atoms with Gasteiger partial charge in [0.15, 0.2) is 5.69 Å². The highest BCUT2D eigenvalue weighted by Crippen LogP contribution is 2.25. The van der Waals surface area contributed by atoms with E-state index >= 15 is 0 Å². The zero-order valence-corrected chi connectivity index (χ0v) is 11.9. The molecular formula is C12H17N5O2S. The summed E-state index contributed by atoms with van der Waals surface area (Å²) in [6.07, 6.45) is 3.43. The molecule has 0 radical (unpaired) electrons. The van der Waals surface area contributed by atoms with Crippen molar-refractivity contribution in [3.05, 3.63) is 17.8 Å². The van der Waals surface area contributed by atoms with Crippen LogP contribution in [0, 0.1) is 17.2 Å². The number of rotatable bonds is 7. The molecule has 2 rings (SSSR count). The lowest BCUT2D eigenvalue weighted by Crippen LogP contribution is -2.35. The third-order valence-corrected chi connectivity index (χ3v) is 4.62. The largest absolute Gasteiger partial charge is 0.368 e. The fraction of sp³-hybridized carbons (Fsp3) is 0.583. The van der Waals surface area contributed by atoms with Crippen LogP contribution in [0.15, 0.2) is 12.1 Å². The lowest BCUT2D eigenvalue weighted by molar-refractivity contribution is 0.316. The van der Waals surface area contributed by atoms with Crippen LogP contribution < -0.4 is 10.0 Å². The van der Waals surface area contributed by atoms with Crippen molar-refractivity contribution in [2.75, 3.05) is 24.2 Å². The first-order chi connectivity index (χ1) is 9.59. The number of nitriles is 1. The number of sulfonamides is 1. The van der Waals surface area contributed by atoms with Crippen LogP contribution in [0.5, 0.6) is 0 Å². The second-order valence-electron chi connectivity index (χ2n) is 4.81. The van der Waals surface area contributed by atoms with E-state index in [0.29, 0.717) is 18.3 Å². The minimum absolute atomic E-state index is 0.0125. The highest BCUT2D eigenvalue weighted by Gasteiger charge is 2.19. The Morgan fingerprint density at radius 1 is 1.35 bits per heavy atom. The molecule has 0 aromatic carbocycles. The normalized spacial score (nSPS) is 15.3. The van der Waals surface area contributed by atoms with Crippen molar-refractivity contribution in [1.82, 2.24) is 14.9 Å². The van der Waals surface area contributed by atoms with Crippen LogP contribution in [0.1, 0.15) is 25.0 Å². The standard InChI is InChI=1S/C12H17N5O2S/c13-8-11-4-5-12(17-16-11)14-6-7-20(18,19)15-9-10-2-1-3-10/h4-5,10,15H,1-3,6-7,9H2,(H,14,17). The number of anilines is 1. The van der Waals surface area contributed by atoms with Crippen LogP contribution in [-0.4, -0.2) is 37.5 Å². The van der Waals surface area contributed by atoms with Crippen molar-refractivity contribution in [2.24, 2.45) is 5.92 Å². The molecule has 1 aromatic rings. The Morgan fingerprint density at radius 3 is 2.70 bits per heavy atom. The minimum Gasteiger partial charge on any atom is -0.368 e. The Bertz CT molecular complexity index is 575. The second kappa shape index (κ2) is 6.63. The third-order valence-electron chi connectivity index (χ3n) is 3.27. The molecule has 0 saturated heterocycles. The van der Waals surface area contributed by atoms with Crippen LogP contribution in [0.25, 0.3) is 0 Å². The van der Waals surface area contributed by atoms with Crippen LogP contribution in [0.3, 0.4) is 0 Å². The van der Waals surface area contributed by atoms with Crippen molar-refractivity contribution in [2.45, 2.75) is 19.3 Å². The van der Waals surface area contributed by atoms with E-state index in [9.17, 15) is 8.42 Å². The van der Waals surface area contributed by atoms with E-state index in [4.69, 9.17) is 5.26 Å². The lowest BCUT2D eigenvalue weighted by Gasteiger charge is -2.25. The summed E-state index contributed by atoms with van der Waals surface area (Å²) >= 11 is 0. The molecule has 0 amide bonds. The molecule has 1 aromatic heterocycles. The van der Waals surface area contributed by atoms with E-state index in [1.54, 1.807) is 6.07 Å². The molecule has 1 heterocycles. The summed E-state index contributed by atoms with van der Waals surface area (Å²) in [4.78, 5) is 0. The van der Waals surface area contributed by atoms with Gasteiger partial charge in [0.1, 0.15) is 11.9 Å². The Hall–Kier alpha value is -1.72. The molecule has 1 aliphatic rings. The highest BCUT2D eigenvalue weighted by atomic mass is 32.2. The van der Waals surface area contributed by atoms with Gasteiger partial charge in [0.25, 0.3) is 0 Å². The predicted molar refractivity (Wildman–Crippen MR) is 74.4 cm³/mol. The quantitative estimate of drug-likeness (QED) is 0.757. The lowest BCUT2D eigenvalue weighted by atomic mass is 9.86. The maximum absolute atomic E-state index is 11.7. The molecule has 108 valence electrons. The van der Waals surface area contributed by atoms with E-state index in [-0.39, 0.29) is 18.0 Å². The minimum atomic E-state index is -3.25. The number of nitrogens with zero attached hydrogens (tertiary/aromatic N) is 3. The van der Waals surface area contributed by atoms with Crippen LogP contribution >= 0.6 is 0 Å². The molecule has 0 aliphatic heterocycles. The number of hydrogen-bond acceptors (Lipinski definition) is 6. The first kappa shape index (κ1) is 14.7. The van der Waals surface area contributed by atoms with E-state index < -0.39 is 10.0 Å².